The summed E-state index contributed by atoms with van der Waals surface area (Å²) in [5, 5.41) is 1.04. The highest BCUT2D eigenvalue weighted by atomic mass is 19.4. The Labute approximate surface area is 218 Å². The number of alkyl halides is 3. The molecule has 2 unspecified atom stereocenters. The SMILES string of the molecule is CC(C(=O)N1CCC(Cn2ccc3ccc(C(N)=O)cc32)C1)C1CCN(c2ncc(C(F)(F)F)cn2)CC1. The Hall–Kier alpha value is -3.63. The number of carbonyl (C=O) groups excluding carboxylic acids is 2. The number of carbonyl (C=O) groups is 2. The molecule has 0 bridgehead atoms. The zero-order chi connectivity index (χ0) is 27.0. The third-order valence-corrected chi connectivity index (χ3v) is 8.00. The van der Waals surface area contributed by atoms with E-state index in [1.54, 1.807) is 6.07 Å². The number of aromatic nitrogens is 3. The molecule has 1 aromatic carbocycles. The summed E-state index contributed by atoms with van der Waals surface area (Å²) in [6.45, 7) is 5.35. The first-order chi connectivity index (χ1) is 18.1. The number of anilines is 1. The van der Waals surface area contributed by atoms with Gasteiger partial charge in [0.25, 0.3) is 0 Å². The smallest absolute Gasteiger partial charge is 0.366 e. The van der Waals surface area contributed by atoms with Crippen LogP contribution < -0.4 is 10.6 Å². The van der Waals surface area contributed by atoms with E-state index in [4.69, 9.17) is 5.73 Å². The Morgan fingerprint density at radius 3 is 2.45 bits per heavy atom. The minimum absolute atomic E-state index is 0.130. The van der Waals surface area contributed by atoms with Crippen molar-refractivity contribution in [2.45, 2.75) is 38.9 Å². The van der Waals surface area contributed by atoms with E-state index < -0.39 is 17.6 Å². The van der Waals surface area contributed by atoms with Gasteiger partial charge in [0.15, 0.2) is 0 Å². The first-order valence-electron chi connectivity index (χ1n) is 12.9. The molecular weight excluding hydrogens is 497 g/mol. The van der Waals surface area contributed by atoms with Gasteiger partial charge in [-0.3, -0.25) is 9.59 Å². The Balaban J connectivity index is 1.14. The van der Waals surface area contributed by atoms with Gasteiger partial charge < -0.3 is 20.1 Å². The lowest BCUT2D eigenvalue weighted by Crippen LogP contribution is -2.42. The third-order valence-electron chi connectivity index (χ3n) is 8.00. The Morgan fingerprint density at radius 2 is 1.79 bits per heavy atom. The number of amides is 2. The van der Waals surface area contributed by atoms with Gasteiger partial charge in [-0.15, -0.1) is 0 Å². The van der Waals surface area contributed by atoms with Crippen LogP contribution in [0, 0.1) is 17.8 Å². The standard InChI is InChI=1S/C27H31F3N6O2/c1-17(19-5-9-34(10-6-19)26-32-13-22(14-33-26)27(28,29)30)25(38)36-8-4-18(16-36)15-35-11-7-20-2-3-21(24(31)37)12-23(20)35/h2-3,7,11-14,17-19H,4-6,8-10,15-16H2,1H3,(H2,31,37). The van der Waals surface area contributed by atoms with Crippen LogP contribution in [0.25, 0.3) is 10.9 Å². The van der Waals surface area contributed by atoms with Gasteiger partial charge in [-0.25, -0.2) is 9.97 Å². The van der Waals surface area contributed by atoms with Crippen molar-refractivity contribution in [2.75, 3.05) is 31.1 Å². The Kier molecular flexibility index (Phi) is 7.02. The van der Waals surface area contributed by atoms with Gasteiger partial charge in [0.2, 0.25) is 17.8 Å². The van der Waals surface area contributed by atoms with Crippen LogP contribution in [0.15, 0.2) is 42.9 Å². The molecule has 0 saturated carbocycles. The third kappa shape index (κ3) is 5.32. The Morgan fingerprint density at radius 1 is 1.08 bits per heavy atom. The van der Waals surface area contributed by atoms with Gasteiger partial charge in [-0.05, 0) is 54.7 Å². The van der Waals surface area contributed by atoms with Crippen LogP contribution >= 0.6 is 0 Å². The van der Waals surface area contributed by atoms with E-state index in [-0.39, 0.29) is 17.7 Å². The first-order valence-corrected chi connectivity index (χ1v) is 12.9. The molecule has 2 aromatic heterocycles. The molecule has 11 heteroatoms. The maximum Gasteiger partial charge on any atom is 0.419 e. The molecule has 2 N–H and O–H groups in total. The summed E-state index contributed by atoms with van der Waals surface area (Å²) >= 11 is 0. The fraction of sp³-hybridized carbons (Fsp3) is 0.481. The van der Waals surface area contributed by atoms with Crippen molar-refractivity contribution in [2.24, 2.45) is 23.5 Å². The van der Waals surface area contributed by atoms with Crippen molar-refractivity contribution in [1.82, 2.24) is 19.4 Å². The zero-order valence-corrected chi connectivity index (χ0v) is 21.2. The second-order valence-electron chi connectivity index (χ2n) is 10.4. The predicted octanol–water partition coefficient (Wildman–Crippen LogP) is 3.95. The molecule has 202 valence electrons. The van der Waals surface area contributed by atoms with Gasteiger partial charge in [0.1, 0.15) is 0 Å². The van der Waals surface area contributed by atoms with Crippen LogP contribution in [0.1, 0.15) is 42.1 Å². The molecule has 0 spiro atoms. The monoisotopic (exact) mass is 528 g/mol. The number of hydrogen-bond acceptors (Lipinski definition) is 5. The van der Waals surface area contributed by atoms with Crippen molar-refractivity contribution in [1.29, 1.82) is 0 Å². The quantitative estimate of drug-likeness (QED) is 0.523. The van der Waals surface area contributed by atoms with Gasteiger partial charge in [-0.1, -0.05) is 13.0 Å². The second-order valence-corrected chi connectivity index (χ2v) is 10.4. The fourth-order valence-corrected chi connectivity index (χ4v) is 5.68. The largest absolute Gasteiger partial charge is 0.419 e. The van der Waals surface area contributed by atoms with Crippen LogP contribution in [-0.2, 0) is 17.5 Å². The summed E-state index contributed by atoms with van der Waals surface area (Å²) in [5.41, 5.74) is 6.02. The highest BCUT2D eigenvalue weighted by molar-refractivity contribution is 5.97. The lowest BCUT2D eigenvalue weighted by atomic mass is 9.84. The summed E-state index contributed by atoms with van der Waals surface area (Å²) in [5.74, 6) is 0.382. The van der Waals surface area contributed by atoms with E-state index in [0.717, 1.165) is 55.6 Å². The highest BCUT2D eigenvalue weighted by Gasteiger charge is 2.35. The van der Waals surface area contributed by atoms with Crippen molar-refractivity contribution in [3.05, 3.63) is 54.0 Å². The fourth-order valence-electron chi connectivity index (χ4n) is 5.68. The first kappa shape index (κ1) is 26.0. The topological polar surface area (TPSA) is 97.4 Å². The average molecular weight is 529 g/mol. The molecule has 4 heterocycles. The van der Waals surface area contributed by atoms with Crippen LogP contribution in [-0.4, -0.2) is 57.4 Å². The van der Waals surface area contributed by atoms with Gasteiger partial charge >= 0.3 is 6.18 Å². The molecule has 2 fully saturated rings. The number of nitrogens with zero attached hydrogens (tertiary/aromatic N) is 5. The number of rotatable bonds is 6. The second kappa shape index (κ2) is 10.3. The van der Waals surface area contributed by atoms with Crippen molar-refractivity contribution in [3.8, 4) is 0 Å². The number of fused-ring (bicyclic) bond motifs is 1. The lowest BCUT2D eigenvalue weighted by molar-refractivity contribution is -0.138. The maximum absolute atomic E-state index is 13.3. The Bertz CT molecular complexity index is 1310. The normalized spacial score (nSPS) is 19.7. The van der Waals surface area contributed by atoms with Crippen LogP contribution in [0.2, 0.25) is 0 Å². The predicted molar refractivity (Wildman–Crippen MR) is 136 cm³/mol. The molecule has 2 atom stereocenters. The number of piperidine rings is 1. The minimum atomic E-state index is -4.46. The zero-order valence-electron chi connectivity index (χ0n) is 21.2. The highest BCUT2D eigenvalue weighted by Crippen LogP contribution is 2.32. The van der Waals surface area contributed by atoms with Crippen molar-refractivity contribution >= 4 is 28.7 Å². The molecule has 2 aliphatic rings. The van der Waals surface area contributed by atoms with E-state index in [9.17, 15) is 22.8 Å². The molecule has 2 aliphatic heterocycles. The summed E-state index contributed by atoms with van der Waals surface area (Å²) in [4.78, 5) is 36.6. The molecule has 38 heavy (non-hydrogen) atoms. The number of nitrogens with two attached hydrogens (primary N) is 1. The van der Waals surface area contributed by atoms with Gasteiger partial charge in [-0.2, -0.15) is 13.2 Å². The number of primary amides is 1. The molecule has 5 rings (SSSR count). The van der Waals surface area contributed by atoms with E-state index in [1.807, 2.05) is 41.1 Å². The number of hydrogen-bond donors (Lipinski definition) is 1. The van der Waals surface area contributed by atoms with Gasteiger partial charge in [0, 0.05) is 68.3 Å². The molecule has 2 saturated heterocycles. The summed E-state index contributed by atoms with van der Waals surface area (Å²) in [7, 11) is 0. The summed E-state index contributed by atoms with van der Waals surface area (Å²) in [6.07, 6.45) is 1.61. The van der Waals surface area contributed by atoms with E-state index in [2.05, 4.69) is 14.5 Å². The van der Waals surface area contributed by atoms with Crippen LogP contribution in [0.5, 0.6) is 0 Å². The number of halogens is 3. The molecule has 0 aliphatic carbocycles. The molecule has 8 nitrogen and oxygen atoms in total. The lowest BCUT2D eigenvalue weighted by Gasteiger charge is -2.35. The summed E-state index contributed by atoms with van der Waals surface area (Å²) in [6, 6.07) is 7.46. The van der Waals surface area contributed by atoms with Crippen LogP contribution in [0.3, 0.4) is 0 Å². The average Bonchev–Trinajstić information content (AvgIpc) is 3.54. The van der Waals surface area contributed by atoms with E-state index in [0.29, 0.717) is 37.1 Å². The molecular formula is C27H31F3N6O2. The van der Waals surface area contributed by atoms with Crippen molar-refractivity contribution < 1.29 is 22.8 Å². The number of benzene rings is 1. The van der Waals surface area contributed by atoms with E-state index in [1.165, 1.54) is 0 Å². The molecule has 0 radical (unpaired) electrons. The van der Waals surface area contributed by atoms with Crippen LogP contribution in [0.4, 0.5) is 19.1 Å². The van der Waals surface area contributed by atoms with Crippen molar-refractivity contribution in [3.63, 3.8) is 0 Å². The maximum atomic E-state index is 13.3. The molecule has 3 aromatic rings. The molecule has 2 amide bonds. The number of likely N-dealkylation sites (tertiary alicyclic amines) is 1. The summed E-state index contributed by atoms with van der Waals surface area (Å²) < 4.78 is 40.5. The van der Waals surface area contributed by atoms with Gasteiger partial charge in [0.05, 0.1) is 5.56 Å². The minimum Gasteiger partial charge on any atom is -0.366 e. The van der Waals surface area contributed by atoms with E-state index >= 15 is 0 Å².